The second-order valence-corrected chi connectivity index (χ2v) is 9.36. The zero-order valence-electron chi connectivity index (χ0n) is 14.6. The van der Waals surface area contributed by atoms with Crippen LogP contribution in [0.3, 0.4) is 0 Å². The van der Waals surface area contributed by atoms with Crippen molar-refractivity contribution >= 4 is 35.9 Å². The van der Waals surface area contributed by atoms with Crippen molar-refractivity contribution in [2.45, 2.75) is 39.3 Å². The Morgan fingerprint density at radius 1 is 1.17 bits per heavy atom. The smallest absolute Gasteiger partial charge is 0.274 e. The van der Waals surface area contributed by atoms with Gasteiger partial charge in [-0.15, -0.1) is 0 Å². The molecule has 2 aromatic rings. The van der Waals surface area contributed by atoms with Crippen LogP contribution < -0.4 is 9.16 Å². The molecule has 1 radical (unpaired) electrons. The van der Waals surface area contributed by atoms with Crippen LogP contribution in [-0.4, -0.2) is 29.4 Å². The van der Waals surface area contributed by atoms with Crippen molar-refractivity contribution in [2.24, 2.45) is 0 Å². The molecular formula is C17H24BrO4Si. The largest absolute Gasteiger partial charge is 0.540 e. The SMILES string of the molecule is COCCOc1c(O[Si](C)C)ccc2oc(Br)c(C(C)(C)C)c12. The minimum Gasteiger partial charge on any atom is -0.540 e. The van der Waals surface area contributed by atoms with Crippen LogP contribution in [0.4, 0.5) is 0 Å². The number of furan rings is 1. The molecule has 0 atom stereocenters. The third kappa shape index (κ3) is 4.11. The maximum absolute atomic E-state index is 6.04. The fourth-order valence-corrected chi connectivity index (χ4v) is 4.02. The lowest BCUT2D eigenvalue weighted by molar-refractivity contribution is 0.146. The molecule has 6 heteroatoms. The Kier molecular flexibility index (Phi) is 5.81. The molecule has 0 aliphatic carbocycles. The predicted octanol–water partition coefficient (Wildman–Crippen LogP) is 5.15. The second-order valence-electron chi connectivity index (χ2n) is 6.62. The first-order valence-corrected chi connectivity index (χ1v) is 10.8. The number of benzene rings is 1. The fourth-order valence-electron chi connectivity index (χ4n) is 2.45. The molecule has 1 heterocycles. The Bertz CT molecular complexity index is 673. The number of halogens is 1. The van der Waals surface area contributed by atoms with Crippen LogP contribution in [0.5, 0.6) is 11.5 Å². The summed E-state index contributed by atoms with van der Waals surface area (Å²) in [6, 6.07) is 3.86. The van der Waals surface area contributed by atoms with E-state index in [1.165, 1.54) is 0 Å². The first-order valence-electron chi connectivity index (χ1n) is 7.61. The van der Waals surface area contributed by atoms with Crippen molar-refractivity contribution in [3.63, 3.8) is 0 Å². The van der Waals surface area contributed by atoms with Crippen LogP contribution in [0.15, 0.2) is 21.2 Å². The van der Waals surface area contributed by atoms with Gasteiger partial charge in [-0.3, -0.25) is 0 Å². The molecular weight excluding hydrogens is 376 g/mol. The van der Waals surface area contributed by atoms with Gasteiger partial charge in [-0.1, -0.05) is 20.8 Å². The van der Waals surface area contributed by atoms with E-state index in [2.05, 4.69) is 49.8 Å². The summed E-state index contributed by atoms with van der Waals surface area (Å²) in [6.45, 7) is 11.7. The van der Waals surface area contributed by atoms with E-state index in [1.54, 1.807) is 7.11 Å². The summed E-state index contributed by atoms with van der Waals surface area (Å²) in [7, 11) is 0.761. The van der Waals surface area contributed by atoms with E-state index in [4.69, 9.17) is 18.3 Å². The molecule has 0 spiro atoms. The number of rotatable bonds is 6. The summed E-state index contributed by atoms with van der Waals surface area (Å²) >= 11 is 3.56. The molecule has 23 heavy (non-hydrogen) atoms. The third-order valence-corrected chi connectivity index (χ3v) is 4.51. The first kappa shape index (κ1) is 18.4. The van der Waals surface area contributed by atoms with Gasteiger partial charge in [0.25, 0.3) is 9.04 Å². The van der Waals surface area contributed by atoms with Crippen LogP contribution in [0.1, 0.15) is 26.3 Å². The van der Waals surface area contributed by atoms with Gasteiger partial charge in [0.05, 0.1) is 12.0 Å². The fraction of sp³-hybridized carbons (Fsp3) is 0.529. The van der Waals surface area contributed by atoms with Gasteiger partial charge in [0.15, 0.2) is 10.4 Å². The lowest BCUT2D eigenvalue weighted by Gasteiger charge is -2.20. The van der Waals surface area contributed by atoms with Crippen LogP contribution in [-0.2, 0) is 10.2 Å². The summed E-state index contributed by atoms with van der Waals surface area (Å²) in [6.07, 6.45) is 0. The van der Waals surface area contributed by atoms with E-state index in [-0.39, 0.29) is 5.41 Å². The zero-order valence-corrected chi connectivity index (χ0v) is 17.2. The topological polar surface area (TPSA) is 40.8 Å². The molecule has 2 rings (SSSR count). The highest BCUT2D eigenvalue weighted by Gasteiger charge is 2.28. The standard InChI is InChI=1S/C17H24BrO4Si/c1-17(2,3)14-13-11(21-16(14)18)7-8-12(22-23(5)6)15(13)20-10-9-19-4/h7-8H,9-10H2,1-6H3. The lowest BCUT2D eigenvalue weighted by Crippen LogP contribution is -2.15. The monoisotopic (exact) mass is 399 g/mol. The summed E-state index contributed by atoms with van der Waals surface area (Å²) in [5.74, 6) is 1.51. The van der Waals surface area contributed by atoms with Crippen molar-refractivity contribution in [2.75, 3.05) is 20.3 Å². The summed E-state index contributed by atoms with van der Waals surface area (Å²) < 4.78 is 23.8. The molecule has 0 fully saturated rings. The van der Waals surface area contributed by atoms with Crippen LogP contribution in [0.2, 0.25) is 13.1 Å². The maximum atomic E-state index is 6.04. The molecule has 0 N–H and O–H groups in total. The van der Waals surface area contributed by atoms with Gasteiger partial charge >= 0.3 is 0 Å². The molecule has 0 saturated carbocycles. The van der Waals surface area contributed by atoms with Crippen LogP contribution in [0, 0.1) is 0 Å². The normalized spacial score (nSPS) is 12.2. The molecule has 0 saturated heterocycles. The average Bonchev–Trinajstić information content (AvgIpc) is 2.76. The van der Waals surface area contributed by atoms with Crippen LogP contribution >= 0.6 is 15.9 Å². The van der Waals surface area contributed by atoms with E-state index in [1.807, 2.05) is 12.1 Å². The maximum Gasteiger partial charge on any atom is 0.274 e. The summed E-state index contributed by atoms with van der Waals surface area (Å²) in [5, 5.41) is 0.973. The Labute approximate surface area is 148 Å². The lowest BCUT2D eigenvalue weighted by atomic mass is 9.86. The van der Waals surface area contributed by atoms with Gasteiger partial charge < -0.3 is 18.3 Å². The Morgan fingerprint density at radius 2 is 1.87 bits per heavy atom. The van der Waals surface area contributed by atoms with Crippen molar-refractivity contribution in [1.29, 1.82) is 0 Å². The average molecular weight is 400 g/mol. The number of hydrogen-bond donors (Lipinski definition) is 0. The van der Waals surface area contributed by atoms with E-state index in [0.717, 1.165) is 32.7 Å². The highest BCUT2D eigenvalue weighted by molar-refractivity contribution is 9.10. The molecule has 0 aliphatic rings. The number of fused-ring (bicyclic) bond motifs is 1. The molecule has 4 nitrogen and oxygen atoms in total. The summed E-state index contributed by atoms with van der Waals surface area (Å²) in [4.78, 5) is 0. The van der Waals surface area contributed by atoms with Gasteiger partial charge in [0.1, 0.15) is 17.9 Å². The van der Waals surface area contributed by atoms with E-state index >= 15 is 0 Å². The Hall–Kier alpha value is -0.983. The minimum absolute atomic E-state index is 0.0890. The van der Waals surface area contributed by atoms with E-state index in [0.29, 0.717) is 13.2 Å². The molecule has 0 aliphatic heterocycles. The van der Waals surface area contributed by atoms with Gasteiger partial charge in [-0.2, -0.15) is 0 Å². The van der Waals surface area contributed by atoms with E-state index < -0.39 is 9.04 Å². The summed E-state index contributed by atoms with van der Waals surface area (Å²) in [5.41, 5.74) is 1.79. The van der Waals surface area contributed by atoms with Gasteiger partial charge in [-0.25, -0.2) is 0 Å². The van der Waals surface area contributed by atoms with Crippen molar-refractivity contribution < 1.29 is 18.3 Å². The number of hydrogen-bond acceptors (Lipinski definition) is 4. The zero-order chi connectivity index (χ0) is 17.2. The molecule has 0 amide bonds. The van der Waals surface area contributed by atoms with Crippen molar-refractivity contribution in [3.8, 4) is 11.5 Å². The van der Waals surface area contributed by atoms with Gasteiger partial charge in [-0.05, 0) is 46.6 Å². The highest BCUT2D eigenvalue weighted by Crippen LogP contribution is 2.46. The number of ether oxygens (including phenoxy) is 2. The van der Waals surface area contributed by atoms with Crippen LogP contribution in [0.25, 0.3) is 11.0 Å². The Morgan fingerprint density at radius 3 is 2.43 bits per heavy atom. The second kappa shape index (κ2) is 7.28. The van der Waals surface area contributed by atoms with Crippen molar-refractivity contribution in [1.82, 2.24) is 0 Å². The van der Waals surface area contributed by atoms with E-state index in [9.17, 15) is 0 Å². The molecule has 1 aromatic carbocycles. The quantitative estimate of drug-likeness (QED) is 0.497. The Balaban J connectivity index is 2.65. The molecule has 0 unspecified atom stereocenters. The molecule has 0 bridgehead atoms. The predicted molar refractivity (Wildman–Crippen MR) is 98.1 cm³/mol. The van der Waals surface area contributed by atoms with Gasteiger partial charge in [0, 0.05) is 12.7 Å². The van der Waals surface area contributed by atoms with Gasteiger partial charge in [0.2, 0.25) is 0 Å². The third-order valence-electron chi connectivity index (χ3n) is 3.33. The highest BCUT2D eigenvalue weighted by atomic mass is 79.9. The molecule has 127 valence electrons. The number of methoxy groups -OCH3 is 1. The first-order chi connectivity index (χ1) is 10.8. The molecule has 1 aromatic heterocycles. The minimum atomic E-state index is -0.901. The van der Waals surface area contributed by atoms with Crippen molar-refractivity contribution in [3.05, 3.63) is 22.4 Å².